The van der Waals surface area contributed by atoms with Crippen LogP contribution in [0.1, 0.15) is 22.5 Å². The smallest absolute Gasteiger partial charge is 0.264 e. The number of carbonyl (C=O) groups excluding carboxylic acids is 2. The van der Waals surface area contributed by atoms with Crippen molar-refractivity contribution in [2.75, 3.05) is 36.4 Å². The average molecular weight is 357 g/mol. The van der Waals surface area contributed by atoms with E-state index in [2.05, 4.69) is 20.2 Å². The van der Waals surface area contributed by atoms with Crippen molar-refractivity contribution in [3.63, 3.8) is 0 Å². The van der Waals surface area contributed by atoms with Crippen molar-refractivity contribution in [3.05, 3.63) is 35.5 Å². The van der Waals surface area contributed by atoms with Crippen molar-refractivity contribution >= 4 is 34.1 Å². The molecule has 4 rings (SSSR count). The van der Waals surface area contributed by atoms with E-state index in [9.17, 15) is 9.59 Å². The summed E-state index contributed by atoms with van der Waals surface area (Å²) < 4.78 is 0. The molecule has 0 spiro atoms. The molecule has 3 heterocycles. The Hall–Kier alpha value is -2.48. The van der Waals surface area contributed by atoms with E-state index in [0.717, 1.165) is 17.8 Å². The molecule has 2 aliphatic rings. The molecule has 0 radical (unpaired) electrons. The zero-order valence-corrected chi connectivity index (χ0v) is 14.5. The Kier molecular flexibility index (Phi) is 4.35. The Labute approximate surface area is 149 Å². The lowest BCUT2D eigenvalue weighted by molar-refractivity contribution is -0.117. The summed E-state index contributed by atoms with van der Waals surface area (Å²) >= 11 is 1.34. The van der Waals surface area contributed by atoms with Gasteiger partial charge in [0.2, 0.25) is 11.9 Å². The van der Waals surface area contributed by atoms with Crippen molar-refractivity contribution in [1.82, 2.24) is 14.9 Å². The summed E-state index contributed by atoms with van der Waals surface area (Å²) in [6.07, 6.45) is 5.39. The fraction of sp³-hybridized carbons (Fsp3) is 0.412. The van der Waals surface area contributed by atoms with Crippen LogP contribution in [0.15, 0.2) is 30.6 Å². The Bertz CT molecular complexity index is 766. The highest BCUT2D eigenvalue weighted by Gasteiger charge is 2.30. The lowest BCUT2D eigenvalue weighted by Crippen LogP contribution is -2.49. The summed E-state index contributed by atoms with van der Waals surface area (Å²) in [7, 11) is 0. The Balaban J connectivity index is 1.34. The molecule has 0 aromatic carbocycles. The fourth-order valence-electron chi connectivity index (χ4n) is 2.81. The lowest BCUT2D eigenvalue weighted by Gasteiger charge is -2.34. The lowest BCUT2D eigenvalue weighted by atomic mass is 10.3. The molecule has 2 fully saturated rings. The molecule has 1 N–H and O–H groups in total. The Morgan fingerprint density at radius 3 is 2.48 bits per heavy atom. The molecule has 1 saturated heterocycles. The van der Waals surface area contributed by atoms with E-state index in [0.29, 0.717) is 37.0 Å². The van der Waals surface area contributed by atoms with E-state index in [4.69, 9.17) is 0 Å². The van der Waals surface area contributed by atoms with Gasteiger partial charge in [-0.3, -0.25) is 9.59 Å². The van der Waals surface area contributed by atoms with Crippen LogP contribution in [0, 0.1) is 5.92 Å². The number of anilines is 2. The molecule has 1 aliphatic carbocycles. The molecule has 8 heteroatoms. The van der Waals surface area contributed by atoms with Gasteiger partial charge < -0.3 is 15.1 Å². The summed E-state index contributed by atoms with van der Waals surface area (Å²) in [4.78, 5) is 37.6. The topological polar surface area (TPSA) is 78.4 Å². The number of piperazine rings is 1. The molecular formula is C17H19N5O2S. The highest BCUT2D eigenvalue weighted by Crippen LogP contribution is 2.32. The average Bonchev–Trinajstić information content (AvgIpc) is 3.42. The molecule has 0 unspecified atom stereocenters. The zero-order chi connectivity index (χ0) is 17.2. The molecule has 2 amide bonds. The van der Waals surface area contributed by atoms with Crippen LogP contribution in [0.25, 0.3) is 0 Å². The van der Waals surface area contributed by atoms with Gasteiger partial charge in [0.15, 0.2) is 0 Å². The van der Waals surface area contributed by atoms with Crippen molar-refractivity contribution < 1.29 is 9.59 Å². The first-order valence-electron chi connectivity index (χ1n) is 8.42. The SMILES string of the molecule is O=C(Nc1ccc(C(=O)N2CCN(c3ncccn3)CC2)s1)C1CC1. The molecule has 1 aliphatic heterocycles. The third-order valence-corrected chi connectivity index (χ3v) is 5.40. The molecule has 0 atom stereocenters. The molecule has 25 heavy (non-hydrogen) atoms. The van der Waals surface area contributed by atoms with E-state index in [-0.39, 0.29) is 17.7 Å². The van der Waals surface area contributed by atoms with Gasteiger partial charge in [-0.15, -0.1) is 11.3 Å². The Morgan fingerprint density at radius 1 is 1.08 bits per heavy atom. The van der Waals surface area contributed by atoms with Crippen molar-refractivity contribution in [2.24, 2.45) is 5.92 Å². The monoisotopic (exact) mass is 357 g/mol. The predicted octanol–water partition coefficient (Wildman–Crippen LogP) is 1.85. The molecule has 2 aromatic rings. The minimum Gasteiger partial charge on any atom is -0.337 e. The zero-order valence-electron chi connectivity index (χ0n) is 13.7. The van der Waals surface area contributed by atoms with Crippen molar-refractivity contribution in [2.45, 2.75) is 12.8 Å². The van der Waals surface area contributed by atoms with Crippen molar-refractivity contribution in [3.8, 4) is 0 Å². The van der Waals surface area contributed by atoms with Gasteiger partial charge in [-0.25, -0.2) is 9.97 Å². The van der Waals surface area contributed by atoms with Gasteiger partial charge in [0, 0.05) is 44.5 Å². The standard InChI is InChI=1S/C17H19N5O2S/c23-15(12-2-3-12)20-14-5-4-13(25-14)16(24)21-8-10-22(11-9-21)17-18-6-1-7-19-17/h1,4-7,12H,2-3,8-11H2,(H,20,23). The highest BCUT2D eigenvalue weighted by molar-refractivity contribution is 7.18. The van der Waals surface area contributed by atoms with Crippen LogP contribution in [0.3, 0.4) is 0 Å². The van der Waals surface area contributed by atoms with Gasteiger partial charge in [-0.05, 0) is 31.0 Å². The second-order valence-corrected chi connectivity index (χ2v) is 7.34. The van der Waals surface area contributed by atoms with Gasteiger partial charge in [0.25, 0.3) is 5.91 Å². The highest BCUT2D eigenvalue weighted by atomic mass is 32.1. The largest absolute Gasteiger partial charge is 0.337 e. The molecule has 0 bridgehead atoms. The minimum absolute atomic E-state index is 0.0190. The van der Waals surface area contributed by atoms with Crippen LogP contribution in [0.4, 0.5) is 10.9 Å². The number of rotatable bonds is 4. The van der Waals surface area contributed by atoms with Crippen LogP contribution in [-0.4, -0.2) is 52.9 Å². The van der Waals surface area contributed by atoms with Crippen LogP contribution in [-0.2, 0) is 4.79 Å². The van der Waals surface area contributed by atoms with E-state index < -0.39 is 0 Å². The number of thiophene rings is 1. The number of nitrogens with zero attached hydrogens (tertiary/aromatic N) is 4. The van der Waals surface area contributed by atoms with Gasteiger partial charge in [-0.1, -0.05) is 0 Å². The number of carbonyl (C=O) groups is 2. The number of hydrogen-bond acceptors (Lipinski definition) is 6. The predicted molar refractivity (Wildman–Crippen MR) is 95.8 cm³/mol. The number of amides is 2. The summed E-state index contributed by atoms with van der Waals surface area (Å²) in [6.45, 7) is 2.70. The third kappa shape index (κ3) is 3.63. The quantitative estimate of drug-likeness (QED) is 0.903. The first-order valence-corrected chi connectivity index (χ1v) is 9.24. The maximum atomic E-state index is 12.7. The van der Waals surface area contributed by atoms with E-state index in [1.807, 2.05) is 11.0 Å². The first kappa shape index (κ1) is 16.0. The number of hydrogen-bond donors (Lipinski definition) is 1. The van der Waals surface area contributed by atoms with Crippen LogP contribution in [0.5, 0.6) is 0 Å². The Morgan fingerprint density at radius 2 is 1.80 bits per heavy atom. The maximum absolute atomic E-state index is 12.7. The number of aromatic nitrogens is 2. The second-order valence-electron chi connectivity index (χ2n) is 6.26. The van der Waals surface area contributed by atoms with E-state index in [1.54, 1.807) is 24.5 Å². The molecule has 1 saturated carbocycles. The van der Waals surface area contributed by atoms with E-state index in [1.165, 1.54) is 11.3 Å². The molecule has 7 nitrogen and oxygen atoms in total. The summed E-state index contributed by atoms with van der Waals surface area (Å²) in [6, 6.07) is 5.40. The summed E-state index contributed by atoms with van der Waals surface area (Å²) in [5, 5.41) is 3.64. The normalized spacial score (nSPS) is 17.4. The fourth-order valence-corrected chi connectivity index (χ4v) is 3.69. The second kappa shape index (κ2) is 6.79. The van der Waals surface area contributed by atoms with Gasteiger partial charge in [-0.2, -0.15) is 0 Å². The minimum atomic E-state index is 0.0190. The number of nitrogens with one attached hydrogen (secondary N) is 1. The van der Waals surface area contributed by atoms with Crippen molar-refractivity contribution in [1.29, 1.82) is 0 Å². The van der Waals surface area contributed by atoms with Gasteiger partial charge in [0.1, 0.15) is 0 Å². The summed E-state index contributed by atoms with van der Waals surface area (Å²) in [5.41, 5.74) is 0. The van der Waals surface area contributed by atoms with Crippen LogP contribution < -0.4 is 10.2 Å². The van der Waals surface area contributed by atoms with E-state index >= 15 is 0 Å². The van der Waals surface area contributed by atoms with Gasteiger partial charge >= 0.3 is 0 Å². The van der Waals surface area contributed by atoms with Gasteiger partial charge in [0.05, 0.1) is 9.88 Å². The first-order chi connectivity index (χ1) is 12.2. The molecular weight excluding hydrogens is 338 g/mol. The third-order valence-electron chi connectivity index (χ3n) is 4.41. The maximum Gasteiger partial charge on any atom is 0.264 e. The van der Waals surface area contributed by atoms with Crippen LogP contribution >= 0.6 is 11.3 Å². The summed E-state index contributed by atoms with van der Waals surface area (Å²) in [5.74, 6) is 0.952. The molecule has 2 aromatic heterocycles. The molecule has 130 valence electrons. The van der Waals surface area contributed by atoms with Crippen LogP contribution in [0.2, 0.25) is 0 Å².